The molecule has 0 spiro atoms. The molecule has 4 aromatic rings. The zero-order valence-electron chi connectivity index (χ0n) is 16.7. The number of aryl methyl sites for hydroxylation is 1. The second-order valence-electron chi connectivity index (χ2n) is 7.92. The number of hydrogen-bond acceptors (Lipinski definition) is 3. The Morgan fingerprint density at radius 2 is 1.57 bits per heavy atom. The number of anilines is 1. The van der Waals surface area contributed by atoms with Crippen molar-refractivity contribution in [3.05, 3.63) is 78.8 Å². The van der Waals surface area contributed by atoms with Crippen molar-refractivity contribution in [3.8, 4) is 5.69 Å². The van der Waals surface area contributed by atoms with Gasteiger partial charge in [-0.3, -0.25) is 0 Å². The van der Waals surface area contributed by atoms with Crippen molar-refractivity contribution in [2.24, 2.45) is 0 Å². The Bertz CT molecular complexity index is 1220. The Hall–Kier alpha value is -3.27. The molecule has 0 unspecified atom stereocenters. The lowest BCUT2D eigenvalue weighted by Gasteiger charge is -2.38. The van der Waals surface area contributed by atoms with Gasteiger partial charge in [-0.15, -0.1) is 0 Å². The van der Waals surface area contributed by atoms with Gasteiger partial charge >= 0.3 is 0 Å². The van der Waals surface area contributed by atoms with E-state index in [1.807, 2.05) is 0 Å². The summed E-state index contributed by atoms with van der Waals surface area (Å²) in [6, 6.07) is 21.3. The highest BCUT2D eigenvalue weighted by atomic mass is 15.4. The average Bonchev–Trinajstić information content (AvgIpc) is 3.15. The lowest BCUT2D eigenvalue weighted by molar-refractivity contribution is 0.253. The third-order valence-corrected chi connectivity index (χ3v) is 5.97. The summed E-state index contributed by atoms with van der Waals surface area (Å²) in [6.07, 6.45) is 4.27. The van der Waals surface area contributed by atoms with Crippen molar-refractivity contribution in [2.45, 2.75) is 26.4 Å². The fourth-order valence-electron chi connectivity index (χ4n) is 4.13. The van der Waals surface area contributed by atoms with E-state index in [0.717, 1.165) is 28.1 Å². The Balaban J connectivity index is 1.85. The van der Waals surface area contributed by atoms with Crippen LogP contribution in [-0.4, -0.2) is 27.2 Å². The van der Waals surface area contributed by atoms with Crippen molar-refractivity contribution < 1.29 is 0 Å². The maximum atomic E-state index is 5.07. The first-order chi connectivity index (χ1) is 13.5. The number of para-hydroxylation sites is 2. The van der Waals surface area contributed by atoms with Crippen LogP contribution in [0.1, 0.15) is 19.5 Å². The van der Waals surface area contributed by atoms with Crippen molar-refractivity contribution in [1.82, 2.24) is 14.5 Å². The molecule has 0 N–H and O–H groups in total. The van der Waals surface area contributed by atoms with Gasteiger partial charge in [-0.05, 0) is 45.0 Å². The van der Waals surface area contributed by atoms with E-state index < -0.39 is 0 Å². The lowest BCUT2D eigenvalue weighted by Crippen LogP contribution is -2.46. The van der Waals surface area contributed by atoms with E-state index in [9.17, 15) is 0 Å². The zero-order chi connectivity index (χ0) is 19.5. The fraction of sp³-hybridized carbons (Fsp3) is 0.208. The molecule has 140 valence electrons. The van der Waals surface area contributed by atoms with Gasteiger partial charge in [0.05, 0.1) is 27.9 Å². The van der Waals surface area contributed by atoms with E-state index in [0.29, 0.717) is 0 Å². The first-order valence-electron chi connectivity index (χ1n) is 9.65. The van der Waals surface area contributed by atoms with Gasteiger partial charge in [0.25, 0.3) is 0 Å². The molecule has 3 heterocycles. The Labute approximate surface area is 165 Å². The molecule has 4 heteroatoms. The summed E-state index contributed by atoms with van der Waals surface area (Å²) < 4.78 is 2.32. The van der Waals surface area contributed by atoms with Crippen LogP contribution in [0.25, 0.3) is 27.6 Å². The molecular weight excluding hydrogens is 344 g/mol. The Morgan fingerprint density at radius 1 is 0.857 bits per heavy atom. The fourth-order valence-corrected chi connectivity index (χ4v) is 4.13. The highest BCUT2D eigenvalue weighted by molar-refractivity contribution is 6.08. The van der Waals surface area contributed by atoms with Crippen molar-refractivity contribution in [3.63, 3.8) is 0 Å². The predicted molar refractivity (Wildman–Crippen MR) is 117 cm³/mol. The minimum atomic E-state index is -0.135. The molecule has 1 aliphatic heterocycles. The number of hydrogen-bond donors (Lipinski definition) is 0. The van der Waals surface area contributed by atoms with Crippen LogP contribution in [0.3, 0.4) is 0 Å². The smallest absolute Gasteiger partial charge is 0.110 e. The van der Waals surface area contributed by atoms with E-state index in [2.05, 4.69) is 115 Å². The molecule has 0 saturated carbocycles. The molecule has 0 amide bonds. The van der Waals surface area contributed by atoms with Gasteiger partial charge in [0.15, 0.2) is 0 Å². The standard InChI is InChI=1S/C24H24N4/c1-17-21(27-15-14-26(4)24(27,2)3)16-22-23(25-17)19-12-8-9-13-20(19)28(22)18-10-6-5-7-11-18/h5-16H,1-4H3. The molecule has 0 bridgehead atoms. The molecule has 1 aliphatic rings. The number of rotatable bonds is 2. The van der Waals surface area contributed by atoms with Crippen molar-refractivity contribution in [1.29, 1.82) is 0 Å². The van der Waals surface area contributed by atoms with Crippen LogP contribution in [0.4, 0.5) is 5.69 Å². The summed E-state index contributed by atoms with van der Waals surface area (Å²) in [6.45, 7) is 6.55. The van der Waals surface area contributed by atoms with Gasteiger partial charge in [0.2, 0.25) is 0 Å². The van der Waals surface area contributed by atoms with E-state index in [4.69, 9.17) is 4.98 Å². The molecule has 0 fully saturated rings. The SMILES string of the molecule is Cc1nc2c3ccccc3n(-c3ccccc3)c2cc1N1C=CN(C)C1(C)C. The molecule has 28 heavy (non-hydrogen) atoms. The number of aromatic nitrogens is 2. The number of benzene rings is 2. The second-order valence-corrected chi connectivity index (χ2v) is 7.92. The molecular formula is C24H24N4. The third kappa shape index (κ3) is 2.27. The minimum absolute atomic E-state index is 0.135. The monoisotopic (exact) mass is 368 g/mol. The highest BCUT2D eigenvalue weighted by Crippen LogP contribution is 2.38. The number of fused-ring (bicyclic) bond motifs is 3. The number of pyridine rings is 1. The largest absolute Gasteiger partial charge is 0.357 e. The summed E-state index contributed by atoms with van der Waals surface area (Å²) in [5, 5.41) is 1.18. The summed E-state index contributed by atoms with van der Waals surface area (Å²) in [7, 11) is 2.11. The Morgan fingerprint density at radius 3 is 2.29 bits per heavy atom. The predicted octanol–water partition coefficient (Wildman–Crippen LogP) is 5.45. The first kappa shape index (κ1) is 16.9. The molecule has 0 aliphatic carbocycles. The van der Waals surface area contributed by atoms with E-state index in [1.165, 1.54) is 10.9 Å². The summed E-state index contributed by atoms with van der Waals surface area (Å²) in [4.78, 5) is 9.60. The van der Waals surface area contributed by atoms with Crippen LogP contribution in [0.15, 0.2) is 73.1 Å². The zero-order valence-corrected chi connectivity index (χ0v) is 16.7. The molecule has 0 saturated heterocycles. The third-order valence-electron chi connectivity index (χ3n) is 5.97. The van der Waals surface area contributed by atoms with Gasteiger partial charge in [-0.25, -0.2) is 4.98 Å². The Kier molecular flexibility index (Phi) is 3.53. The molecule has 4 nitrogen and oxygen atoms in total. The van der Waals surface area contributed by atoms with Crippen LogP contribution in [0.2, 0.25) is 0 Å². The molecule has 2 aromatic heterocycles. The highest BCUT2D eigenvalue weighted by Gasteiger charge is 2.34. The molecule has 5 rings (SSSR count). The first-order valence-corrected chi connectivity index (χ1v) is 9.65. The molecule has 2 aromatic carbocycles. The topological polar surface area (TPSA) is 24.3 Å². The van der Waals surface area contributed by atoms with Gasteiger partial charge in [0, 0.05) is 30.5 Å². The van der Waals surface area contributed by atoms with Gasteiger partial charge < -0.3 is 14.4 Å². The van der Waals surface area contributed by atoms with Gasteiger partial charge in [-0.2, -0.15) is 0 Å². The maximum Gasteiger partial charge on any atom is 0.110 e. The summed E-state index contributed by atoms with van der Waals surface area (Å²) in [5.41, 5.74) is 6.56. The lowest BCUT2D eigenvalue weighted by atomic mass is 10.1. The van der Waals surface area contributed by atoms with Gasteiger partial charge in [0.1, 0.15) is 5.66 Å². The van der Waals surface area contributed by atoms with Gasteiger partial charge in [-0.1, -0.05) is 36.4 Å². The van der Waals surface area contributed by atoms with Crippen molar-refractivity contribution >= 4 is 27.6 Å². The summed E-state index contributed by atoms with van der Waals surface area (Å²) in [5.74, 6) is 0. The van der Waals surface area contributed by atoms with Crippen molar-refractivity contribution in [2.75, 3.05) is 11.9 Å². The minimum Gasteiger partial charge on any atom is -0.357 e. The molecule has 0 radical (unpaired) electrons. The van der Waals surface area contributed by atoms with Crippen LogP contribution in [0.5, 0.6) is 0 Å². The van der Waals surface area contributed by atoms with E-state index in [1.54, 1.807) is 0 Å². The van der Waals surface area contributed by atoms with Crippen LogP contribution < -0.4 is 4.90 Å². The normalized spacial score (nSPS) is 15.9. The van der Waals surface area contributed by atoms with Crippen LogP contribution >= 0.6 is 0 Å². The average molecular weight is 368 g/mol. The maximum absolute atomic E-state index is 5.07. The van der Waals surface area contributed by atoms with Crippen LogP contribution in [-0.2, 0) is 0 Å². The second kappa shape index (κ2) is 5.86. The summed E-state index contributed by atoms with van der Waals surface area (Å²) >= 11 is 0. The van der Waals surface area contributed by atoms with Crippen LogP contribution in [0, 0.1) is 6.92 Å². The van der Waals surface area contributed by atoms with E-state index in [-0.39, 0.29) is 5.66 Å². The number of nitrogens with zero attached hydrogens (tertiary/aromatic N) is 4. The quantitative estimate of drug-likeness (QED) is 0.470. The molecule has 0 atom stereocenters. The van der Waals surface area contributed by atoms with E-state index >= 15 is 0 Å².